The minimum absolute atomic E-state index is 0.0174. The number of hydrogen-bond donors (Lipinski definition) is 0. The Kier molecular flexibility index (Phi) is 10.7. The number of anilines is 3. The van der Waals surface area contributed by atoms with Crippen LogP contribution in [0.5, 0.6) is 0 Å². The summed E-state index contributed by atoms with van der Waals surface area (Å²) in [4.78, 5) is 2.51. The first-order chi connectivity index (χ1) is 36.0. The van der Waals surface area contributed by atoms with Crippen LogP contribution in [0.2, 0.25) is 0 Å². The van der Waals surface area contributed by atoms with Gasteiger partial charge in [0.05, 0.1) is 28.1 Å². The molecule has 356 valence electrons. The SMILES string of the molecule is CC(C)(C)c1ccc2c(c1)c1cc(C(C)(C)C)ccc1n2-c1ccc2ccc3c(N(c4cccc(-c5ccccc5-c5ccccc5)c4)c4ccccc4-c4cccc(-c5ccccc5)c4)ccc4ccc1c2c43. The Morgan fingerprint density at radius 1 is 0.311 bits per heavy atom. The maximum atomic E-state index is 2.53. The summed E-state index contributed by atoms with van der Waals surface area (Å²) >= 11 is 0. The zero-order chi connectivity index (χ0) is 50.3. The summed E-state index contributed by atoms with van der Waals surface area (Å²) < 4.78 is 2.53. The first kappa shape index (κ1) is 45.2. The molecule has 1 aromatic heterocycles. The molecule has 0 spiro atoms. The third-order valence-corrected chi connectivity index (χ3v) is 15.5. The van der Waals surface area contributed by atoms with Crippen LogP contribution in [-0.2, 0) is 10.8 Å². The Balaban J connectivity index is 1.06. The molecule has 0 unspecified atom stereocenters. The highest BCUT2D eigenvalue weighted by Crippen LogP contribution is 2.49. The lowest BCUT2D eigenvalue weighted by molar-refractivity contribution is 0.590. The lowest BCUT2D eigenvalue weighted by atomic mass is 9.85. The fourth-order valence-corrected chi connectivity index (χ4v) is 11.6. The van der Waals surface area contributed by atoms with Crippen LogP contribution in [0.4, 0.5) is 17.1 Å². The quantitative estimate of drug-likeness (QED) is 0.138. The zero-order valence-electron chi connectivity index (χ0n) is 43.0. The molecule has 0 amide bonds. The van der Waals surface area contributed by atoms with E-state index in [9.17, 15) is 0 Å². The molecule has 0 bridgehead atoms. The molecule has 0 N–H and O–H groups in total. The maximum Gasteiger partial charge on any atom is 0.0541 e. The minimum atomic E-state index is 0.0174. The van der Waals surface area contributed by atoms with Gasteiger partial charge in [-0.1, -0.05) is 224 Å². The van der Waals surface area contributed by atoms with Crippen LogP contribution in [0.1, 0.15) is 52.7 Å². The molecular weight excluding hydrogens is 893 g/mol. The Bertz CT molecular complexity index is 4190. The molecule has 0 fully saturated rings. The predicted molar refractivity (Wildman–Crippen MR) is 318 cm³/mol. The molecule has 13 aromatic rings. The van der Waals surface area contributed by atoms with Crippen LogP contribution in [0.3, 0.4) is 0 Å². The average Bonchev–Trinajstić information content (AvgIpc) is 3.76. The highest BCUT2D eigenvalue weighted by Gasteiger charge is 2.25. The third-order valence-electron chi connectivity index (χ3n) is 15.5. The predicted octanol–water partition coefficient (Wildman–Crippen LogP) is 20.4. The first-order valence-electron chi connectivity index (χ1n) is 26.1. The van der Waals surface area contributed by atoms with E-state index in [1.807, 2.05) is 0 Å². The van der Waals surface area contributed by atoms with Gasteiger partial charge in [-0.25, -0.2) is 0 Å². The number of rotatable bonds is 8. The van der Waals surface area contributed by atoms with Crippen molar-refractivity contribution >= 4 is 71.2 Å². The number of aromatic nitrogens is 1. The largest absolute Gasteiger partial charge is 0.309 e. The molecule has 13 rings (SSSR count). The zero-order valence-corrected chi connectivity index (χ0v) is 43.0. The summed E-state index contributed by atoms with van der Waals surface area (Å²) in [6.07, 6.45) is 0. The molecule has 0 atom stereocenters. The molecule has 0 aliphatic rings. The van der Waals surface area contributed by atoms with Crippen molar-refractivity contribution in [2.75, 3.05) is 4.90 Å². The van der Waals surface area contributed by atoms with Crippen molar-refractivity contribution in [2.45, 2.75) is 52.4 Å². The van der Waals surface area contributed by atoms with Crippen LogP contribution in [-0.4, -0.2) is 4.57 Å². The molecule has 0 radical (unpaired) electrons. The Hall–Kier alpha value is -8.72. The lowest BCUT2D eigenvalue weighted by Crippen LogP contribution is -2.12. The lowest BCUT2D eigenvalue weighted by Gasteiger charge is -2.30. The molecule has 74 heavy (non-hydrogen) atoms. The third kappa shape index (κ3) is 7.64. The molecule has 1 heterocycles. The average molecular weight is 951 g/mol. The summed E-state index contributed by atoms with van der Waals surface area (Å²) in [5.41, 5.74) is 19.1. The summed E-state index contributed by atoms with van der Waals surface area (Å²) in [5.74, 6) is 0. The van der Waals surface area contributed by atoms with Crippen LogP contribution in [0.25, 0.3) is 104 Å². The van der Waals surface area contributed by atoms with E-state index in [1.165, 1.54) is 98.8 Å². The van der Waals surface area contributed by atoms with Crippen molar-refractivity contribution in [1.29, 1.82) is 0 Å². The van der Waals surface area contributed by atoms with E-state index in [2.05, 4.69) is 294 Å². The number of nitrogens with zero attached hydrogens (tertiary/aromatic N) is 2. The molecule has 2 nitrogen and oxygen atoms in total. The summed E-state index contributed by atoms with van der Waals surface area (Å²) in [5, 5.41) is 10.0. The van der Waals surface area contributed by atoms with E-state index in [0.717, 1.165) is 33.8 Å². The van der Waals surface area contributed by atoms with Crippen molar-refractivity contribution in [2.24, 2.45) is 0 Å². The monoisotopic (exact) mass is 950 g/mol. The topological polar surface area (TPSA) is 8.17 Å². The second-order valence-electron chi connectivity index (χ2n) is 22.2. The van der Waals surface area contributed by atoms with Crippen molar-refractivity contribution in [3.05, 3.63) is 254 Å². The van der Waals surface area contributed by atoms with Gasteiger partial charge < -0.3 is 9.47 Å². The second kappa shape index (κ2) is 17.5. The van der Waals surface area contributed by atoms with Gasteiger partial charge in [0, 0.05) is 32.8 Å². The van der Waals surface area contributed by atoms with Gasteiger partial charge in [-0.3, -0.25) is 0 Å². The molecule has 0 saturated heterocycles. The van der Waals surface area contributed by atoms with Gasteiger partial charge in [0.1, 0.15) is 0 Å². The van der Waals surface area contributed by atoms with E-state index in [4.69, 9.17) is 0 Å². The molecule has 2 heteroatoms. The van der Waals surface area contributed by atoms with E-state index < -0.39 is 0 Å². The fraction of sp³-hybridized carbons (Fsp3) is 0.111. The van der Waals surface area contributed by atoms with Crippen LogP contribution < -0.4 is 4.90 Å². The van der Waals surface area contributed by atoms with E-state index >= 15 is 0 Å². The van der Waals surface area contributed by atoms with Crippen LogP contribution >= 0.6 is 0 Å². The van der Waals surface area contributed by atoms with E-state index in [-0.39, 0.29) is 10.8 Å². The molecular formula is C72H58N2. The fourth-order valence-electron chi connectivity index (χ4n) is 11.6. The van der Waals surface area contributed by atoms with Crippen LogP contribution in [0.15, 0.2) is 243 Å². The Labute approximate surface area is 434 Å². The smallest absolute Gasteiger partial charge is 0.0541 e. The van der Waals surface area contributed by atoms with Crippen molar-refractivity contribution in [1.82, 2.24) is 4.57 Å². The number of fused-ring (bicyclic) bond motifs is 3. The number of benzene rings is 12. The van der Waals surface area contributed by atoms with Gasteiger partial charge in [-0.2, -0.15) is 0 Å². The van der Waals surface area contributed by atoms with Gasteiger partial charge in [0.25, 0.3) is 0 Å². The normalized spacial score (nSPS) is 12.2. The maximum absolute atomic E-state index is 2.53. The minimum Gasteiger partial charge on any atom is -0.309 e. The van der Waals surface area contributed by atoms with Gasteiger partial charge in [0.15, 0.2) is 0 Å². The van der Waals surface area contributed by atoms with Gasteiger partial charge in [-0.05, 0) is 143 Å². The van der Waals surface area contributed by atoms with E-state index in [0.29, 0.717) is 0 Å². The molecule has 0 saturated carbocycles. The van der Waals surface area contributed by atoms with Crippen molar-refractivity contribution < 1.29 is 0 Å². The second-order valence-corrected chi connectivity index (χ2v) is 22.2. The van der Waals surface area contributed by atoms with Gasteiger partial charge in [0.2, 0.25) is 0 Å². The molecule has 12 aromatic carbocycles. The van der Waals surface area contributed by atoms with Crippen molar-refractivity contribution in [3.63, 3.8) is 0 Å². The van der Waals surface area contributed by atoms with E-state index in [1.54, 1.807) is 0 Å². The highest BCUT2D eigenvalue weighted by molar-refractivity contribution is 6.27. The van der Waals surface area contributed by atoms with Gasteiger partial charge in [-0.15, -0.1) is 0 Å². The Morgan fingerprint density at radius 2 is 0.797 bits per heavy atom. The molecule has 0 aliphatic heterocycles. The summed E-state index contributed by atoms with van der Waals surface area (Å²) in [6, 6.07) is 90.4. The standard InChI is InChI=1S/C72H58N2/c1-71(2,3)54-35-41-67-62(45-54)63-46-55(72(4,5)6)36-42-68(63)74(67)66-40-34-50-31-37-60-65(39-33-49-32-38-61(66)70(50)69(49)60)73(56-26-18-25-53(44-56)58-28-14-13-27-57(58)48-21-11-8-12-22-48)64-30-16-15-29-59(64)52-24-17-23-51(43-52)47-19-9-7-10-20-47/h7-46H,1-6H3. The van der Waals surface area contributed by atoms with Gasteiger partial charge >= 0.3 is 0 Å². The van der Waals surface area contributed by atoms with Crippen molar-refractivity contribution in [3.8, 4) is 50.2 Å². The summed E-state index contributed by atoms with van der Waals surface area (Å²) in [7, 11) is 0. The highest BCUT2D eigenvalue weighted by atomic mass is 15.1. The number of hydrogen-bond acceptors (Lipinski definition) is 1. The Morgan fingerprint density at radius 3 is 1.45 bits per heavy atom. The molecule has 0 aliphatic carbocycles. The number of para-hydroxylation sites is 1. The summed E-state index contributed by atoms with van der Waals surface area (Å²) in [6.45, 7) is 13.9. The first-order valence-corrected chi connectivity index (χ1v) is 26.1. The van der Waals surface area contributed by atoms with Crippen LogP contribution in [0, 0.1) is 0 Å².